The van der Waals surface area contributed by atoms with Gasteiger partial charge in [-0.3, -0.25) is 18.4 Å². The van der Waals surface area contributed by atoms with Gasteiger partial charge in [0.2, 0.25) is 0 Å². The minimum absolute atomic E-state index is 0.00686. The van der Waals surface area contributed by atoms with Crippen molar-refractivity contribution < 1.29 is 57.3 Å². The van der Waals surface area contributed by atoms with E-state index < -0.39 is 83.9 Å². The number of aliphatic hydroxyl groups is 3. The van der Waals surface area contributed by atoms with Crippen LogP contribution in [0, 0.1) is 0 Å². The quantitative estimate of drug-likeness (QED) is 0.0923. The molecule has 6 heterocycles. The molecule has 2 fully saturated rings. The van der Waals surface area contributed by atoms with Crippen LogP contribution in [0.1, 0.15) is 12.5 Å². The maximum atomic E-state index is 13.1. The third-order valence-electron chi connectivity index (χ3n) is 7.07. The maximum Gasteiger partial charge on any atom is 0.695 e. The van der Waals surface area contributed by atoms with Gasteiger partial charge in [-0.25, -0.2) is 24.2 Å². The zero-order valence-corrected chi connectivity index (χ0v) is 23.9. The van der Waals surface area contributed by atoms with Gasteiger partial charge < -0.3 is 40.4 Å². The molecular weight excluding hydrogens is 634 g/mol. The second kappa shape index (κ2) is 11.9. The monoisotopic (exact) mass is 659 g/mol. The Kier molecular flexibility index (Phi) is 8.30. The Morgan fingerprint density at radius 1 is 1.11 bits per heavy atom. The molecule has 8 N–H and O–H groups in total. The number of nitrogens with zero attached hydrogens (tertiary/aromatic N) is 6. The van der Waals surface area contributed by atoms with Crippen LogP contribution in [0.15, 0.2) is 35.9 Å². The van der Waals surface area contributed by atoms with Crippen LogP contribution in [0.3, 0.4) is 0 Å². The van der Waals surface area contributed by atoms with Gasteiger partial charge in [0.25, 0.3) is 5.56 Å². The Morgan fingerprint density at radius 3 is 2.64 bits per heavy atom. The predicted octanol–water partition coefficient (Wildman–Crippen LogP) is -1.81. The highest BCUT2D eigenvalue weighted by Crippen LogP contribution is 2.50. The molecule has 0 radical (unpaired) electrons. The molecule has 44 heavy (non-hydrogen) atoms. The van der Waals surface area contributed by atoms with Crippen molar-refractivity contribution in [3.8, 4) is 0 Å². The summed E-state index contributed by atoms with van der Waals surface area (Å²) in [5.74, 6) is 0. The Bertz CT molecular complexity index is 1800. The molecule has 2 aliphatic heterocycles. The number of nitrogens with one attached hydrogen (secondary N) is 1. The highest BCUT2D eigenvalue weighted by atomic mass is 31.2. The third-order valence-corrected chi connectivity index (χ3v) is 8.48. The fraction of sp³-hybridized carbons (Fsp3) is 0.476. The largest absolute Gasteiger partial charge is 0.695 e. The minimum Gasteiger partial charge on any atom is -0.397 e. The molecule has 0 amide bonds. The van der Waals surface area contributed by atoms with Gasteiger partial charge in [-0.2, -0.15) is 5.10 Å². The van der Waals surface area contributed by atoms with Crippen molar-refractivity contribution in [2.75, 3.05) is 18.9 Å². The number of anilines is 1. The maximum absolute atomic E-state index is 13.1. The number of hydrogen-bond acceptors (Lipinski definition) is 16. The lowest BCUT2D eigenvalue weighted by atomic mass is 10.1. The van der Waals surface area contributed by atoms with Crippen molar-refractivity contribution in [2.24, 2.45) is 0 Å². The predicted molar refractivity (Wildman–Crippen MR) is 142 cm³/mol. The zero-order valence-electron chi connectivity index (χ0n) is 22.1. The van der Waals surface area contributed by atoms with Crippen molar-refractivity contribution in [1.82, 2.24) is 34.3 Å². The highest BCUT2D eigenvalue weighted by molar-refractivity contribution is 7.47. The Morgan fingerprint density at radius 2 is 1.89 bits per heavy atom. The number of ether oxygens (including phenoxy) is 2. The molecule has 23 heteroatoms. The van der Waals surface area contributed by atoms with Crippen LogP contribution in [0.2, 0.25) is 0 Å². The number of imidazole rings is 1. The number of aromatic nitrogens is 7. The number of H-pyrrole nitrogens is 1. The van der Waals surface area contributed by atoms with Crippen molar-refractivity contribution in [2.45, 2.75) is 49.1 Å². The smallest absolute Gasteiger partial charge is 0.397 e. The standard InChI is InChI=1S/C21H24N8O13P2/c22-9-1-2-23-18-12(9)26-7-28(18)20-14(32)15(41-43(34)35)11(40-20)5-38-44(36,37)42-16-13(31)10(4-30)39-21(16)29-17-8(3-27-29)19(33)25-6-24-17/h1-3,6-7,10-11,13-16,20-21,30-32H,4-5H2,(H4-,22,23,24,25,27,33,34,35,36,37)/p+1/t10-,11-,13-,14-,15-,16-,20-,21-/m1/s1. The lowest BCUT2D eigenvalue weighted by Crippen LogP contribution is -2.36. The number of phosphoric ester groups is 1. The number of hydrogen-bond donors (Lipinski definition) is 7. The van der Waals surface area contributed by atoms with E-state index in [-0.39, 0.29) is 22.4 Å². The molecule has 0 aromatic carbocycles. The van der Waals surface area contributed by atoms with E-state index in [4.69, 9.17) is 28.8 Å². The molecule has 4 aromatic rings. The van der Waals surface area contributed by atoms with Crippen molar-refractivity contribution in [1.29, 1.82) is 0 Å². The van der Waals surface area contributed by atoms with E-state index in [0.29, 0.717) is 5.52 Å². The summed E-state index contributed by atoms with van der Waals surface area (Å²) in [7, 11) is -8.41. The van der Waals surface area contributed by atoms with E-state index >= 15 is 0 Å². The topological polar surface area (TPSA) is 302 Å². The first-order valence-electron chi connectivity index (χ1n) is 12.7. The van der Waals surface area contributed by atoms with Gasteiger partial charge in [-0.05, 0) is 6.07 Å². The lowest BCUT2D eigenvalue weighted by Gasteiger charge is -2.24. The molecule has 0 spiro atoms. The van der Waals surface area contributed by atoms with Gasteiger partial charge in [-0.15, -0.1) is 9.42 Å². The van der Waals surface area contributed by atoms with Crippen LogP contribution in [-0.2, 0) is 32.2 Å². The van der Waals surface area contributed by atoms with Crippen molar-refractivity contribution in [3.05, 3.63) is 41.5 Å². The summed E-state index contributed by atoms with van der Waals surface area (Å²) in [6.07, 6.45) is -7.05. The number of fused-ring (bicyclic) bond motifs is 2. The summed E-state index contributed by atoms with van der Waals surface area (Å²) in [6, 6.07) is 1.51. The SMILES string of the molecule is Nc1ccnc2c1ncn2[C@@H]1O[C@H](COP(=O)(O)O[C@@H]2[C@H](O)[C@@H](CO)O[C@H]2n2ncc3c(=O)[nH]cnc32)[C@@H](O[P+](=O)O)[C@H]1O. The summed E-state index contributed by atoms with van der Waals surface area (Å²) in [6.45, 7) is -1.53. The van der Waals surface area contributed by atoms with E-state index in [0.717, 1.165) is 17.2 Å². The van der Waals surface area contributed by atoms with E-state index in [2.05, 4.69) is 25.0 Å². The Labute approximate surface area is 245 Å². The van der Waals surface area contributed by atoms with Crippen LogP contribution < -0.4 is 11.3 Å². The fourth-order valence-corrected chi connectivity index (χ4v) is 6.45. The number of aliphatic hydroxyl groups excluding tert-OH is 3. The minimum atomic E-state index is -5.14. The molecular formula is C21H25N8O13P2+. The molecule has 10 atom stereocenters. The van der Waals surface area contributed by atoms with E-state index in [1.165, 1.54) is 23.2 Å². The normalized spacial score (nSPS) is 30.7. The van der Waals surface area contributed by atoms with Crippen LogP contribution in [0.4, 0.5) is 5.69 Å². The summed E-state index contributed by atoms with van der Waals surface area (Å²) in [5.41, 5.74) is 6.16. The molecule has 0 saturated carbocycles. The van der Waals surface area contributed by atoms with Crippen LogP contribution in [0.25, 0.3) is 22.2 Å². The molecule has 2 aliphatic rings. The van der Waals surface area contributed by atoms with Crippen molar-refractivity contribution in [3.63, 3.8) is 0 Å². The number of rotatable bonds is 10. The number of phosphoric acid groups is 1. The van der Waals surface area contributed by atoms with Crippen LogP contribution >= 0.6 is 16.1 Å². The number of aromatic amines is 1. The van der Waals surface area contributed by atoms with Gasteiger partial charge in [0.1, 0.15) is 41.4 Å². The number of nitrogen functional groups attached to an aromatic ring is 1. The summed E-state index contributed by atoms with van der Waals surface area (Å²) in [4.78, 5) is 46.8. The van der Waals surface area contributed by atoms with Crippen LogP contribution in [-0.4, -0.2) is 109 Å². The van der Waals surface area contributed by atoms with Gasteiger partial charge in [0.15, 0.2) is 29.9 Å². The molecule has 4 aromatic heterocycles. The summed E-state index contributed by atoms with van der Waals surface area (Å²) >= 11 is 0. The Hall–Kier alpha value is -3.30. The zero-order chi connectivity index (χ0) is 31.3. The molecule has 236 valence electrons. The summed E-state index contributed by atoms with van der Waals surface area (Å²) in [5, 5.41) is 35.4. The van der Waals surface area contributed by atoms with Gasteiger partial charge in [0.05, 0.1) is 37.8 Å². The molecule has 21 nitrogen and oxygen atoms in total. The van der Waals surface area contributed by atoms with Gasteiger partial charge in [0, 0.05) is 10.8 Å². The molecule has 2 saturated heterocycles. The second-order valence-electron chi connectivity index (χ2n) is 9.72. The molecule has 0 aliphatic carbocycles. The number of pyridine rings is 1. The van der Waals surface area contributed by atoms with E-state index in [1.807, 2.05) is 0 Å². The Balaban J connectivity index is 1.22. The van der Waals surface area contributed by atoms with Crippen molar-refractivity contribution >= 4 is 44.0 Å². The molecule has 6 rings (SSSR count). The highest BCUT2D eigenvalue weighted by Gasteiger charge is 2.53. The fourth-order valence-electron chi connectivity index (χ4n) is 5.05. The molecule has 0 bridgehead atoms. The lowest BCUT2D eigenvalue weighted by molar-refractivity contribution is -0.0639. The molecule has 2 unspecified atom stereocenters. The first-order chi connectivity index (χ1) is 21.0. The van der Waals surface area contributed by atoms with Gasteiger partial charge >= 0.3 is 16.1 Å². The summed E-state index contributed by atoms with van der Waals surface area (Å²) < 4.78 is 53.7. The van der Waals surface area contributed by atoms with E-state index in [9.17, 15) is 39.0 Å². The second-order valence-corrected chi connectivity index (χ2v) is 11.8. The number of nitrogens with two attached hydrogens (primary N) is 1. The van der Waals surface area contributed by atoms with E-state index in [1.54, 1.807) is 0 Å². The van der Waals surface area contributed by atoms with Gasteiger partial charge in [-0.1, -0.05) is 0 Å². The average Bonchev–Trinajstić information content (AvgIpc) is 3.74. The third kappa shape index (κ3) is 5.53. The average molecular weight is 659 g/mol. The first-order valence-corrected chi connectivity index (χ1v) is 15.4. The first kappa shape index (κ1) is 30.7. The van der Waals surface area contributed by atoms with Crippen LogP contribution in [0.5, 0.6) is 0 Å².